The van der Waals surface area contributed by atoms with E-state index in [0.29, 0.717) is 31.7 Å². The maximum absolute atomic E-state index is 12.9. The summed E-state index contributed by atoms with van der Waals surface area (Å²) in [6, 6.07) is 7.52. The van der Waals surface area contributed by atoms with E-state index >= 15 is 0 Å². The first-order chi connectivity index (χ1) is 14.1. The van der Waals surface area contributed by atoms with Crippen molar-refractivity contribution in [1.29, 1.82) is 0 Å². The molecule has 2 aromatic rings. The first-order valence-corrected chi connectivity index (χ1v) is 10.1. The van der Waals surface area contributed by atoms with Crippen LogP contribution < -0.4 is 0 Å². The maximum atomic E-state index is 12.9. The molecule has 1 aromatic heterocycles. The summed E-state index contributed by atoms with van der Waals surface area (Å²) in [5.74, 6) is 0.814. The molecule has 0 N–H and O–H groups in total. The van der Waals surface area contributed by atoms with Crippen LogP contribution in [0.2, 0.25) is 0 Å². The molecule has 4 rings (SSSR count). The summed E-state index contributed by atoms with van der Waals surface area (Å²) >= 11 is 0. The molecule has 0 spiro atoms. The Kier molecular flexibility index (Phi) is 5.58. The lowest BCUT2D eigenvalue weighted by atomic mass is 10.0. The van der Waals surface area contributed by atoms with Crippen molar-refractivity contribution in [2.45, 2.75) is 45.4 Å². The van der Waals surface area contributed by atoms with Gasteiger partial charge in [0.25, 0.3) is 5.91 Å². The van der Waals surface area contributed by atoms with Gasteiger partial charge in [-0.2, -0.15) is 0 Å². The first kappa shape index (κ1) is 19.5. The molecule has 0 bridgehead atoms. The summed E-state index contributed by atoms with van der Waals surface area (Å²) in [7, 11) is 1.65. The summed E-state index contributed by atoms with van der Waals surface area (Å²) < 4.78 is 5.12. The monoisotopic (exact) mass is 394 g/mol. The summed E-state index contributed by atoms with van der Waals surface area (Å²) in [5, 5.41) is 0. The lowest BCUT2D eigenvalue weighted by Crippen LogP contribution is -2.37. The number of methoxy groups -OCH3 is 1. The number of rotatable bonds is 4. The van der Waals surface area contributed by atoms with Gasteiger partial charge in [-0.05, 0) is 30.5 Å². The summed E-state index contributed by atoms with van der Waals surface area (Å²) in [5.41, 5.74) is 3.69. The van der Waals surface area contributed by atoms with E-state index in [1.807, 2.05) is 40.3 Å². The average molecular weight is 394 g/mol. The largest absolute Gasteiger partial charge is 0.380 e. The molecule has 0 saturated carbocycles. The van der Waals surface area contributed by atoms with Crippen LogP contribution >= 0.6 is 0 Å². The molecule has 152 valence electrons. The number of hydrogen-bond donors (Lipinski definition) is 0. The zero-order valence-corrected chi connectivity index (χ0v) is 16.9. The number of aromatic nitrogens is 2. The standard InChI is InChI=1S/C22H26N4O3/c1-15(27)26-10-3-4-20(26)21-23-12-18-13-25(11-9-19(18)24-21)22(28)17-7-5-16(6-8-17)14-29-2/h5-8,12,20H,3-4,9-11,13-14H2,1-2H3/t20-/m0/s1. The number of carbonyl (C=O) groups is 2. The van der Waals surface area contributed by atoms with E-state index in [2.05, 4.69) is 4.98 Å². The van der Waals surface area contributed by atoms with Gasteiger partial charge in [-0.1, -0.05) is 12.1 Å². The van der Waals surface area contributed by atoms with E-state index in [1.54, 1.807) is 14.0 Å². The smallest absolute Gasteiger partial charge is 0.254 e. The highest BCUT2D eigenvalue weighted by molar-refractivity contribution is 5.94. The number of benzene rings is 1. The van der Waals surface area contributed by atoms with E-state index in [9.17, 15) is 9.59 Å². The van der Waals surface area contributed by atoms with E-state index in [-0.39, 0.29) is 17.9 Å². The Morgan fingerprint density at radius 2 is 2.00 bits per heavy atom. The fraction of sp³-hybridized carbons (Fsp3) is 0.455. The van der Waals surface area contributed by atoms with Crippen LogP contribution in [-0.4, -0.2) is 51.8 Å². The van der Waals surface area contributed by atoms with Crippen molar-refractivity contribution in [1.82, 2.24) is 19.8 Å². The number of ether oxygens (including phenoxy) is 1. The Balaban J connectivity index is 1.47. The maximum Gasteiger partial charge on any atom is 0.254 e. The van der Waals surface area contributed by atoms with Crippen molar-refractivity contribution in [2.24, 2.45) is 0 Å². The second kappa shape index (κ2) is 8.29. The molecule has 0 unspecified atom stereocenters. The van der Waals surface area contributed by atoms with Gasteiger partial charge in [0.05, 0.1) is 18.3 Å². The Hall–Kier alpha value is -2.80. The topological polar surface area (TPSA) is 75.6 Å². The first-order valence-electron chi connectivity index (χ1n) is 10.1. The Bertz CT molecular complexity index is 913. The van der Waals surface area contributed by atoms with Crippen LogP contribution in [0.4, 0.5) is 0 Å². The molecule has 2 aliphatic rings. The third kappa shape index (κ3) is 4.00. The summed E-state index contributed by atoms with van der Waals surface area (Å²) in [6.07, 6.45) is 4.42. The van der Waals surface area contributed by atoms with Crippen molar-refractivity contribution in [3.05, 3.63) is 58.7 Å². The highest BCUT2D eigenvalue weighted by Gasteiger charge is 2.31. The average Bonchev–Trinajstić information content (AvgIpc) is 3.24. The predicted molar refractivity (Wildman–Crippen MR) is 107 cm³/mol. The van der Waals surface area contributed by atoms with Gasteiger partial charge < -0.3 is 14.5 Å². The number of amides is 2. The molecule has 3 heterocycles. The Morgan fingerprint density at radius 3 is 2.72 bits per heavy atom. The van der Waals surface area contributed by atoms with Gasteiger partial charge in [0, 0.05) is 57.4 Å². The fourth-order valence-corrected chi connectivity index (χ4v) is 4.17. The predicted octanol–water partition coefficient (Wildman–Crippen LogP) is 2.50. The SMILES string of the molecule is COCc1ccc(C(=O)N2CCc3nc([C@@H]4CCCN4C(C)=O)ncc3C2)cc1. The van der Waals surface area contributed by atoms with Crippen LogP contribution in [0.3, 0.4) is 0 Å². The molecule has 29 heavy (non-hydrogen) atoms. The van der Waals surface area contributed by atoms with Gasteiger partial charge in [0.15, 0.2) is 5.82 Å². The van der Waals surface area contributed by atoms with Crippen molar-refractivity contribution in [2.75, 3.05) is 20.2 Å². The zero-order valence-electron chi connectivity index (χ0n) is 16.9. The lowest BCUT2D eigenvalue weighted by molar-refractivity contribution is -0.129. The number of likely N-dealkylation sites (tertiary alicyclic amines) is 1. The minimum absolute atomic E-state index is 0.0160. The fourth-order valence-electron chi connectivity index (χ4n) is 4.17. The van der Waals surface area contributed by atoms with Crippen LogP contribution in [0.25, 0.3) is 0 Å². The van der Waals surface area contributed by atoms with Gasteiger partial charge >= 0.3 is 0 Å². The van der Waals surface area contributed by atoms with E-state index in [1.165, 1.54) is 0 Å². The van der Waals surface area contributed by atoms with Crippen molar-refractivity contribution >= 4 is 11.8 Å². The second-order valence-corrected chi connectivity index (χ2v) is 7.68. The summed E-state index contributed by atoms with van der Waals surface area (Å²) in [4.78, 5) is 37.7. The van der Waals surface area contributed by atoms with Crippen molar-refractivity contribution in [3.8, 4) is 0 Å². The second-order valence-electron chi connectivity index (χ2n) is 7.68. The molecular weight excluding hydrogens is 368 g/mol. The quantitative estimate of drug-likeness (QED) is 0.796. The molecule has 2 aliphatic heterocycles. The molecule has 2 amide bonds. The van der Waals surface area contributed by atoms with E-state index in [4.69, 9.17) is 9.72 Å². The molecular formula is C22H26N4O3. The van der Waals surface area contributed by atoms with Gasteiger partial charge in [0.1, 0.15) is 0 Å². The van der Waals surface area contributed by atoms with E-state index in [0.717, 1.165) is 42.0 Å². The molecule has 1 saturated heterocycles. The van der Waals surface area contributed by atoms with Crippen molar-refractivity contribution in [3.63, 3.8) is 0 Å². The van der Waals surface area contributed by atoms with Crippen LogP contribution in [0.1, 0.15) is 58.8 Å². The lowest BCUT2D eigenvalue weighted by Gasteiger charge is -2.29. The molecule has 0 radical (unpaired) electrons. The minimum Gasteiger partial charge on any atom is -0.380 e. The van der Waals surface area contributed by atoms with Crippen LogP contribution in [0.5, 0.6) is 0 Å². The van der Waals surface area contributed by atoms with Gasteiger partial charge in [0.2, 0.25) is 5.91 Å². The normalized spacial score (nSPS) is 18.6. The Labute approximate surface area is 170 Å². The molecule has 0 aliphatic carbocycles. The Morgan fingerprint density at radius 1 is 1.21 bits per heavy atom. The number of hydrogen-bond acceptors (Lipinski definition) is 5. The zero-order chi connectivity index (χ0) is 20.4. The minimum atomic E-state index is -0.0249. The summed E-state index contributed by atoms with van der Waals surface area (Å²) in [6.45, 7) is 4.04. The van der Waals surface area contributed by atoms with Gasteiger partial charge in [-0.15, -0.1) is 0 Å². The molecule has 7 heteroatoms. The number of carbonyl (C=O) groups excluding carboxylic acids is 2. The molecule has 1 aromatic carbocycles. The highest BCUT2D eigenvalue weighted by atomic mass is 16.5. The molecule has 1 fully saturated rings. The third-order valence-electron chi connectivity index (χ3n) is 5.71. The van der Waals surface area contributed by atoms with Crippen molar-refractivity contribution < 1.29 is 14.3 Å². The van der Waals surface area contributed by atoms with Gasteiger partial charge in [-0.3, -0.25) is 9.59 Å². The van der Waals surface area contributed by atoms with Crippen LogP contribution in [0.15, 0.2) is 30.5 Å². The molecule has 7 nitrogen and oxygen atoms in total. The molecule has 1 atom stereocenters. The van der Waals surface area contributed by atoms with Gasteiger partial charge in [-0.25, -0.2) is 9.97 Å². The van der Waals surface area contributed by atoms with E-state index < -0.39 is 0 Å². The highest BCUT2D eigenvalue weighted by Crippen LogP contribution is 2.30. The van der Waals surface area contributed by atoms with Crippen LogP contribution in [-0.2, 0) is 29.1 Å². The third-order valence-corrected chi connectivity index (χ3v) is 5.71. The number of fused-ring (bicyclic) bond motifs is 1. The number of nitrogens with zero attached hydrogens (tertiary/aromatic N) is 4. The van der Waals surface area contributed by atoms with Crippen LogP contribution in [0, 0.1) is 0 Å².